The van der Waals surface area contributed by atoms with Crippen LogP contribution in [0, 0.1) is 23.5 Å². The first-order chi connectivity index (χ1) is 15.9. The minimum absolute atomic E-state index is 0.0810. The number of hydrogen-bond acceptors (Lipinski definition) is 3. The van der Waals surface area contributed by atoms with E-state index < -0.39 is 34.8 Å². The highest BCUT2D eigenvalue weighted by Gasteiger charge is 2.53. The minimum atomic E-state index is -1.02. The molecule has 0 unspecified atom stereocenters. The Morgan fingerprint density at radius 1 is 0.970 bits per heavy atom. The number of rotatable bonds is 1. The number of benzene rings is 2. The van der Waals surface area contributed by atoms with Crippen molar-refractivity contribution in [3.05, 3.63) is 94.8 Å². The van der Waals surface area contributed by atoms with Gasteiger partial charge in [0.15, 0.2) is 11.6 Å². The topological polar surface area (TPSA) is 53.5 Å². The first kappa shape index (κ1) is 20.8. The van der Waals surface area contributed by atoms with Gasteiger partial charge in [0.1, 0.15) is 5.69 Å². The number of pyridine rings is 1. The van der Waals surface area contributed by atoms with Gasteiger partial charge in [-0.15, -0.1) is 0 Å². The third-order valence-electron chi connectivity index (χ3n) is 6.35. The number of aryl methyl sites for hydroxylation is 1. The van der Waals surface area contributed by atoms with E-state index in [4.69, 9.17) is 0 Å². The Hall–Kier alpha value is -4.05. The van der Waals surface area contributed by atoms with Crippen molar-refractivity contribution in [3.8, 4) is 11.8 Å². The van der Waals surface area contributed by atoms with Crippen LogP contribution in [0.1, 0.15) is 35.2 Å². The summed E-state index contributed by atoms with van der Waals surface area (Å²) in [6.45, 7) is 0. The third kappa shape index (κ3) is 3.35. The van der Waals surface area contributed by atoms with Gasteiger partial charge in [0.05, 0.1) is 12.0 Å². The SMILES string of the molecule is CN1C(=O)N(c2c(F)cc(C#Cc3ccccc3)cc2F)C(=O)C[C@]12CCc1ncccc12. The van der Waals surface area contributed by atoms with Crippen LogP contribution in [-0.4, -0.2) is 28.9 Å². The molecule has 7 heteroatoms. The average molecular weight is 443 g/mol. The summed E-state index contributed by atoms with van der Waals surface area (Å²) in [5.74, 6) is 2.86. The summed E-state index contributed by atoms with van der Waals surface area (Å²) in [5, 5.41) is 0. The van der Waals surface area contributed by atoms with E-state index in [1.165, 1.54) is 4.90 Å². The Labute approximate surface area is 189 Å². The Morgan fingerprint density at radius 3 is 2.39 bits per heavy atom. The number of urea groups is 1. The summed E-state index contributed by atoms with van der Waals surface area (Å²) >= 11 is 0. The van der Waals surface area contributed by atoms with Crippen molar-refractivity contribution in [1.29, 1.82) is 0 Å². The second-order valence-corrected chi connectivity index (χ2v) is 8.18. The lowest BCUT2D eigenvalue weighted by atomic mass is 9.85. The molecule has 2 heterocycles. The van der Waals surface area contributed by atoms with Crippen molar-refractivity contribution in [3.63, 3.8) is 0 Å². The molecule has 1 aliphatic heterocycles. The molecule has 0 N–H and O–H groups in total. The van der Waals surface area contributed by atoms with Crippen molar-refractivity contribution < 1.29 is 18.4 Å². The summed E-state index contributed by atoms with van der Waals surface area (Å²) in [4.78, 5) is 32.7. The van der Waals surface area contributed by atoms with Gasteiger partial charge in [0, 0.05) is 30.1 Å². The van der Waals surface area contributed by atoms with Crippen molar-refractivity contribution in [2.24, 2.45) is 0 Å². The lowest BCUT2D eigenvalue weighted by molar-refractivity contribution is -0.122. The van der Waals surface area contributed by atoms with Crippen LogP contribution in [0.5, 0.6) is 0 Å². The Morgan fingerprint density at radius 2 is 1.67 bits per heavy atom. The molecule has 2 aromatic carbocycles. The molecule has 164 valence electrons. The van der Waals surface area contributed by atoms with E-state index in [0.717, 1.165) is 23.4 Å². The van der Waals surface area contributed by atoms with Gasteiger partial charge in [-0.1, -0.05) is 36.1 Å². The Balaban J connectivity index is 1.49. The van der Waals surface area contributed by atoms with E-state index in [-0.39, 0.29) is 12.0 Å². The van der Waals surface area contributed by atoms with Gasteiger partial charge in [-0.3, -0.25) is 9.78 Å². The molecule has 1 aromatic heterocycles. The van der Waals surface area contributed by atoms with Crippen LogP contribution in [0.15, 0.2) is 60.8 Å². The van der Waals surface area contributed by atoms with Gasteiger partial charge in [-0.25, -0.2) is 18.5 Å². The fraction of sp³-hybridized carbons (Fsp3) is 0.192. The zero-order valence-electron chi connectivity index (χ0n) is 17.8. The predicted octanol–water partition coefficient (Wildman–Crippen LogP) is 4.39. The number of hydrogen-bond donors (Lipinski definition) is 0. The number of fused-ring (bicyclic) bond motifs is 2. The third-order valence-corrected chi connectivity index (χ3v) is 6.35. The number of carbonyl (C=O) groups is 2. The quantitative estimate of drug-likeness (QED) is 0.525. The van der Waals surface area contributed by atoms with Crippen LogP contribution in [-0.2, 0) is 16.8 Å². The normalized spacial score (nSPS) is 19.5. The molecule has 1 saturated heterocycles. The molecule has 2 aliphatic rings. The summed E-state index contributed by atoms with van der Waals surface area (Å²) in [5.41, 5.74) is 0.902. The molecule has 0 radical (unpaired) electrons. The number of amides is 3. The molecule has 1 fully saturated rings. The van der Waals surface area contributed by atoms with Crippen LogP contribution in [0.2, 0.25) is 0 Å². The van der Waals surface area contributed by atoms with Crippen LogP contribution >= 0.6 is 0 Å². The van der Waals surface area contributed by atoms with E-state index in [1.54, 1.807) is 31.4 Å². The van der Waals surface area contributed by atoms with Crippen molar-refractivity contribution in [2.75, 3.05) is 11.9 Å². The molecule has 1 atom stereocenters. The molecule has 0 saturated carbocycles. The number of nitrogens with zero attached hydrogens (tertiary/aromatic N) is 3. The van der Waals surface area contributed by atoms with Crippen LogP contribution in [0.4, 0.5) is 19.3 Å². The van der Waals surface area contributed by atoms with Gasteiger partial charge in [-0.05, 0) is 48.7 Å². The smallest absolute Gasteiger partial charge is 0.317 e. The van der Waals surface area contributed by atoms with Crippen molar-refractivity contribution >= 4 is 17.6 Å². The zero-order chi connectivity index (χ0) is 23.2. The van der Waals surface area contributed by atoms with Crippen molar-refractivity contribution in [1.82, 2.24) is 9.88 Å². The standard InChI is InChI=1S/C26H19F2N3O2/c1-30-25(33)31(23(32)16-26(30)12-11-22-19(26)8-5-13-29-22)24-20(27)14-18(15-21(24)28)10-9-17-6-3-2-4-7-17/h2-8,13-15H,11-12,16H2,1H3/t26-/m0/s1. The Bertz CT molecular complexity index is 1320. The highest BCUT2D eigenvalue weighted by molar-refractivity contribution is 6.16. The lowest BCUT2D eigenvalue weighted by Crippen LogP contribution is -2.60. The molecule has 0 bridgehead atoms. The fourth-order valence-electron chi connectivity index (χ4n) is 4.68. The number of anilines is 1. The van der Waals surface area contributed by atoms with Gasteiger partial charge in [-0.2, -0.15) is 0 Å². The second kappa shape index (κ2) is 7.82. The molecule has 3 amide bonds. The number of aromatic nitrogens is 1. The first-order valence-electron chi connectivity index (χ1n) is 10.5. The summed E-state index contributed by atoms with van der Waals surface area (Å²) in [6, 6.07) is 13.9. The van der Waals surface area contributed by atoms with Gasteiger partial charge >= 0.3 is 6.03 Å². The number of carbonyl (C=O) groups excluding carboxylic acids is 2. The molecular weight excluding hydrogens is 424 g/mol. The average Bonchev–Trinajstić information content (AvgIpc) is 3.18. The Kier molecular flexibility index (Phi) is 4.94. The lowest BCUT2D eigenvalue weighted by Gasteiger charge is -2.46. The van der Waals surface area contributed by atoms with Gasteiger partial charge in [0.25, 0.3) is 0 Å². The minimum Gasteiger partial charge on any atom is -0.317 e. The maximum Gasteiger partial charge on any atom is 0.332 e. The zero-order valence-corrected chi connectivity index (χ0v) is 17.8. The van der Waals surface area contributed by atoms with Gasteiger partial charge < -0.3 is 4.90 Å². The summed E-state index contributed by atoms with van der Waals surface area (Å²) in [6.07, 6.45) is 2.74. The van der Waals surface area contributed by atoms with Crippen LogP contribution < -0.4 is 4.90 Å². The molecule has 1 aliphatic carbocycles. The predicted molar refractivity (Wildman–Crippen MR) is 118 cm³/mol. The fourth-order valence-corrected chi connectivity index (χ4v) is 4.68. The number of halogens is 2. The molecular formula is C26H19F2N3O2. The van der Waals surface area contributed by atoms with Crippen LogP contribution in [0.3, 0.4) is 0 Å². The highest BCUT2D eigenvalue weighted by atomic mass is 19.1. The highest BCUT2D eigenvalue weighted by Crippen LogP contribution is 2.46. The molecule has 5 nitrogen and oxygen atoms in total. The van der Waals surface area contributed by atoms with E-state index in [0.29, 0.717) is 23.3 Å². The molecule has 5 rings (SSSR count). The van der Waals surface area contributed by atoms with E-state index in [1.807, 2.05) is 24.3 Å². The monoisotopic (exact) mass is 443 g/mol. The largest absolute Gasteiger partial charge is 0.332 e. The van der Waals surface area contributed by atoms with Gasteiger partial charge in [0.2, 0.25) is 5.91 Å². The van der Waals surface area contributed by atoms with E-state index in [9.17, 15) is 9.59 Å². The van der Waals surface area contributed by atoms with Crippen LogP contribution in [0.25, 0.3) is 0 Å². The number of imide groups is 1. The maximum atomic E-state index is 15.0. The molecule has 1 spiro atoms. The van der Waals surface area contributed by atoms with Crippen molar-refractivity contribution in [2.45, 2.75) is 24.8 Å². The summed E-state index contributed by atoms with van der Waals surface area (Å²) in [7, 11) is 1.55. The van der Waals surface area contributed by atoms with E-state index in [2.05, 4.69) is 16.8 Å². The van der Waals surface area contributed by atoms with E-state index >= 15 is 8.78 Å². The first-order valence-corrected chi connectivity index (χ1v) is 10.5. The second-order valence-electron chi connectivity index (χ2n) is 8.18. The summed E-state index contributed by atoms with van der Waals surface area (Å²) < 4.78 is 30.0. The maximum absolute atomic E-state index is 15.0. The molecule has 33 heavy (non-hydrogen) atoms. The molecule has 3 aromatic rings.